The third-order valence-electron chi connectivity index (χ3n) is 4.51. The summed E-state index contributed by atoms with van der Waals surface area (Å²) in [5, 5.41) is 18.2. The molecule has 0 saturated heterocycles. The van der Waals surface area contributed by atoms with Crippen LogP contribution in [0.4, 0.5) is 0 Å². The molecular formula is C24H21ClN2O4. The van der Waals surface area contributed by atoms with Crippen molar-refractivity contribution in [3.05, 3.63) is 83.5 Å². The predicted octanol–water partition coefficient (Wildman–Crippen LogP) is 6.21. The van der Waals surface area contributed by atoms with Gasteiger partial charge in [-0.15, -0.1) is 0 Å². The zero-order valence-corrected chi connectivity index (χ0v) is 17.6. The number of H-pyrrole nitrogens is 1. The molecule has 0 fully saturated rings. The van der Waals surface area contributed by atoms with Crippen molar-refractivity contribution in [2.75, 3.05) is 6.61 Å². The molecule has 3 aromatic carbocycles. The van der Waals surface area contributed by atoms with Crippen LogP contribution in [0.15, 0.2) is 72.9 Å². The van der Waals surface area contributed by atoms with Gasteiger partial charge < -0.3 is 19.3 Å². The quantitative estimate of drug-likeness (QED) is 0.343. The number of para-hydroxylation sites is 2. The summed E-state index contributed by atoms with van der Waals surface area (Å²) in [5.41, 5.74) is 2.02. The van der Waals surface area contributed by atoms with Crippen LogP contribution in [-0.4, -0.2) is 21.9 Å². The summed E-state index contributed by atoms with van der Waals surface area (Å²) in [6.07, 6.45) is 1.56. The Balaban J connectivity index is 1.53. The van der Waals surface area contributed by atoms with Crippen LogP contribution in [0.25, 0.3) is 11.3 Å². The Bertz CT molecular complexity index is 1180. The summed E-state index contributed by atoms with van der Waals surface area (Å²) in [4.78, 5) is 0. The lowest BCUT2D eigenvalue weighted by Gasteiger charge is -2.12. The van der Waals surface area contributed by atoms with E-state index in [-0.39, 0.29) is 5.75 Å². The van der Waals surface area contributed by atoms with Crippen LogP contribution in [0.2, 0.25) is 5.02 Å². The van der Waals surface area contributed by atoms with Crippen molar-refractivity contribution in [1.82, 2.24) is 10.2 Å². The van der Waals surface area contributed by atoms with Gasteiger partial charge in [-0.3, -0.25) is 5.10 Å². The van der Waals surface area contributed by atoms with Crippen molar-refractivity contribution in [2.24, 2.45) is 0 Å². The van der Waals surface area contributed by atoms with Crippen LogP contribution >= 0.6 is 11.6 Å². The molecule has 0 saturated carbocycles. The van der Waals surface area contributed by atoms with Gasteiger partial charge in [0.25, 0.3) is 0 Å². The fraction of sp³-hybridized carbons (Fsp3) is 0.125. The molecular weight excluding hydrogens is 416 g/mol. The molecule has 4 aromatic rings. The number of phenols is 1. The van der Waals surface area contributed by atoms with Crippen LogP contribution in [0.5, 0.6) is 28.7 Å². The molecule has 0 bridgehead atoms. The molecule has 1 heterocycles. The van der Waals surface area contributed by atoms with E-state index in [1.54, 1.807) is 24.4 Å². The number of halogens is 1. The van der Waals surface area contributed by atoms with Crippen LogP contribution in [-0.2, 0) is 6.61 Å². The van der Waals surface area contributed by atoms with E-state index in [9.17, 15) is 5.11 Å². The minimum absolute atomic E-state index is 0.0378. The highest BCUT2D eigenvalue weighted by Crippen LogP contribution is 2.40. The molecule has 0 spiro atoms. The summed E-state index contributed by atoms with van der Waals surface area (Å²) in [7, 11) is 0. The van der Waals surface area contributed by atoms with E-state index in [0.717, 1.165) is 5.56 Å². The van der Waals surface area contributed by atoms with Gasteiger partial charge >= 0.3 is 0 Å². The zero-order chi connectivity index (χ0) is 21.6. The summed E-state index contributed by atoms with van der Waals surface area (Å²) in [5.74, 6) is 2.23. The Hall–Kier alpha value is -3.64. The van der Waals surface area contributed by atoms with E-state index in [2.05, 4.69) is 10.2 Å². The van der Waals surface area contributed by atoms with Crippen LogP contribution in [0, 0.1) is 0 Å². The molecule has 2 N–H and O–H groups in total. The van der Waals surface area contributed by atoms with Crippen molar-refractivity contribution in [3.8, 4) is 40.0 Å². The lowest BCUT2D eigenvalue weighted by Crippen LogP contribution is -1.96. The number of hydrogen-bond acceptors (Lipinski definition) is 5. The molecule has 158 valence electrons. The number of aromatic hydroxyl groups is 1. The first-order valence-electron chi connectivity index (χ1n) is 9.77. The monoisotopic (exact) mass is 436 g/mol. The number of hydrogen-bond donors (Lipinski definition) is 2. The summed E-state index contributed by atoms with van der Waals surface area (Å²) < 4.78 is 17.4. The number of nitrogens with one attached hydrogen (secondary N) is 1. The second-order valence-corrected chi connectivity index (χ2v) is 7.13. The predicted molar refractivity (Wildman–Crippen MR) is 119 cm³/mol. The molecule has 0 aliphatic heterocycles. The average Bonchev–Trinajstić information content (AvgIpc) is 3.22. The van der Waals surface area contributed by atoms with Gasteiger partial charge in [-0.2, -0.15) is 5.10 Å². The molecule has 0 atom stereocenters. The number of benzene rings is 3. The van der Waals surface area contributed by atoms with Crippen molar-refractivity contribution < 1.29 is 19.3 Å². The maximum atomic E-state index is 10.6. The lowest BCUT2D eigenvalue weighted by atomic mass is 10.1. The number of aromatic amines is 1. The van der Waals surface area contributed by atoms with E-state index in [0.29, 0.717) is 52.5 Å². The minimum atomic E-state index is 0.0378. The summed E-state index contributed by atoms with van der Waals surface area (Å²) in [6.45, 7) is 2.77. The Morgan fingerprint density at radius 2 is 1.77 bits per heavy atom. The molecule has 6 nitrogen and oxygen atoms in total. The summed E-state index contributed by atoms with van der Waals surface area (Å²) >= 11 is 6.01. The van der Waals surface area contributed by atoms with Gasteiger partial charge in [0.05, 0.1) is 12.8 Å². The van der Waals surface area contributed by atoms with E-state index in [1.165, 1.54) is 0 Å². The van der Waals surface area contributed by atoms with E-state index >= 15 is 0 Å². The number of phenolic OH excluding ortho intramolecular Hbond substituents is 1. The van der Waals surface area contributed by atoms with Gasteiger partial charge in [-0.1, -0.05) is 35.9 Å². The largest absolute Gasteiger partial charge is 0.507 e. The van der Waals surface area contributed by atoms with Gasteiger partial charge in [0.2, 0.25) is 0 Å². The van der Waals surface area contributed by atoms with Crippen molar-refractivity contribution in [3.63, 3.8) is 0 Å². The standard InChI is InChI=1S/C24H21ClN2O4/c1-2-29-21-8-3-4-9-22(21)31-23-14-26-27-24(23)19-11-10-18(13-20(19)28)30-15-16-6-5-7-17(25)12-16/h3-14,28H,2,15H2,1H3,(H,26,27). The minimum Gasteiger partial charge on any atom is -0.507 e. The summed E-state index contributed by atoms with van der Waals surface area (Å²) in [6, 6.07) is 19.9. The van der Waals surface area contributed by atoms with Crippen molar-refractivity contribution >= 4 is 11.6 Å². The van der Waals surface area contributed by atoms with E-state index < -0.39 is 0 Å². The molecule has 0 unspecified atom stereocenters. The number of aromatic nitrogens is 2. The van der Waals surface area contributed by atoms with Crippen LogP contribution < -0.4 is 14.2 Å². The van der Waals surface area contributed by atoms with E-state index in [1.807, 2.05) is 55.5 Å². The Morgan fingerprint density at radius 3 is 2.55 bits per heavy atom. The van der Waals surface area contributed by atoms with Crippen molar-refractivity contribution in [2.45, 2.75) is 13.5 Å². The first kappa shape index (κ1) is 20.6. The Kier molecular flexibility index (Phi) is 6.29. The van der Waals surface area contributed by atoms with Gasteiger partial charge in [-0.05, 0) is 48.9 Å². The molecule has 1 aromatic heterocycles. The fourth-order valence-corrected chi connectivity index (χ4v) is 3.29. The molecule has 0 amide bonds. The zero-order valence-electron chi connectivity index (χ0n) is 16.8. The maximum absolute atomic E-state index is 10.6. The number of ether oxygens (including phenoxy) is 3. The second-order valence-electron chi connectivity index (χ2n) is 6.69. The smallest absolute Gasteiger partial charge is 0.173 e. The van der Waals surface area contributed by atoms with E-state index in [4.69, 9.17) is 25.8 Å². The third kappa shape index (κ3) is 4.92. The molecule has 31 heavy (non-hydrogen) atoms. The molecule has 0 aliphatic rings. The first-order chi connectivity index (χ1) is 15.1. The second kappa shape index (κ2) is 9.45. The van der Waals surface area contributed by atoms with Gasteiger partial charge in [-0.25, -0.2) is 0 Å². The SMILES string of the molecule is CCOc1ccccc1Oc1cn[nH]c1-c1ccc(OCc2cccc(Cl)c2)cc1O. The first-order valence-corrected chi connectivity index (χ1v) is 10.2. The highest BCUT2D eigenvalue weighted by molar-refractivity contribution is 6.30. The Labute approximate surface area is 185 Å². The lowest BCUT2D eigenvalue weighted by molar-refractivity contribution is 0.304. The third-order valence-corrected chi connectivity index (χ3v) is 4.74. The fourth-order valence-electron chi connectivity index (χ4n) is 3.08. The number of rotatable bonds is 8. The van der Waals surface area contributed by atoms with Gasteiger partial charge in [0.1, 0.15) is 23.8 Å². The average molecular weight is 437 g/mol. The number of nitrogens with zero attached hydrogens (tertiary/aromatic N) is 1. The normalized spacial score (nSPS) is 10.6. The van der Waals surface area contributed by atoms with Crippen molar-refractivity contribution in [1.29, 1.82) is 0 Å². The highest BCUT2D eigenvalue weighted by atomic mass is 35.5. The maximum Gasteiger partial charge on any atom is 0.173 e. The van der Waals surface area contributed by atoms with Crippen LogP contribution in [0.1, 0.15) is 12.5 Å². The topological polar surface area (TPSA) is 76.6 Å². The molecule has 0 radical (unpaired) electrons. The van der Waals surface area contributed by atoms with Gasteiger partial charge in [0, 0.05) is 16.7 Å². The van der Waals surface area contributed by atoms with Crippen LogP contribution in [0.3, 0.4) is 0 Å². The molecule has 7 heteroatoms. The molecule has 4 rings (SSSR count). The Morgan fingerprint density at radius 1 is 0.935 bits per heavy atom. The highest BCUT2D eigenvalue weighted by Gasteiger charge is 2.16. The van der Waals surface area contributed by atoms with Gasteiger partial charge in [0.15, 0.2) is 17.2 Å². The molecule has 0 aliphatic carbocycles.